The Hall–Kier alpha value is -3.68. The molecule has 1 N–H and O–H groups in total. The lowest BCUT2D eigenvalue weighted by Crippen LogP contribution is -2.45. The fourth-order valence-corrected chi connectivity index (χ4v) is 3.76. The van der Waals surface area contributed by atoms with E-state index >= 15 is 0 Å². The first-order valence-corrected chi connectivity index (χ1v) is 10.3. The fourth-order valence-electron chi connectivity index (χ4n) is 3.76. The monoisotopic (exact) mass is 419 g/mol. The summed E-state index contributed by atoms with van der Waals surface area (Å²) in [6.07, 6.45) is 4.48. The molecule has 31 heavy (non-hydrogen) atoms. The highest BCUT2D eigenvalue weighted by Gasteiger charge is 2.28. The van der Waals surface area contributed by atoms with Gasteiger partial charge in [-0.2, -0.15) is 5.10 Å². The molecule has 4 rings (SSSR count). The van der Waals surface area contributed by atoms with Gasteiger partial charge in [0.1, 0.15) is 24.9 Å². The first-order valence-electron chi connectivity index (χ1n) is 10.3. The highest BCUT2D eigenvalue weighted by molar-refractivity contribution is 5.93. The highest BCUT2D eigenvalue weighted by Crippen LogP contribution is 2.26. The van der Waals surface area contributed by atoms with Crippen LogP contribution in [-0.4, -0.2) is 51.7 Å². The number of hydrogen-bond donors (Lipinski definition) is 1. The van der Waals surface area contributed by atoms with E-state index in [0.717, 1.165) is 35.4 Å². The minimum Gasteiger partial charge on any atom is -0.497 e. The lowest BCUT2D eigenvalue weighted by atomic mass is 9.96. The second-order valence-corrected chi connectivity index (χ2v) is 7.57. The average molecular weight is 419 g/mol. The van der Waals surface area contributed by atoms with E-state index in [-0.39, 0.29) is 24.3 Å². The van der Waals surface area contributed by atoms with Crippen LogP contribution < -0.4 is 10.1 Å². The van der Waals surface area contributed by atoms with Gasteiger partial charge in [0.2, 0.25) is 11.8 Å². The third kappa shape index (κ3) is 5.09. The molecular formula is C23H25N5O3. The molecule has 0 spiro atoms. The number of carbonyl (C=O) groups excluding carboxylic acids is 2. The van der Waals surface area contributed by atoms with Crippen LogP contribution in [0.2, 0.25) is 0 Å². The van der Waals surface area contributed by atoms with Gasteiger partial charge in [0.15, 0.2) is 0 Å². The van der Waals surface area contributed by atoms with Gasteiger partial charge >= 0.3 is 0 Å². The number of likely N-dealkylation sites (tertiary alicyclic amines) is 1. The van der Waals surface area contributed by atoms with Crippen LogP contribution in [0.5, 0.6) is 5.75 Å². The Kier molecular flexibility index (Phi) is 6.26. The number of anilines is 1. The average Bonchev–Trinajstić information content (AvgIpc) is 3.32. The second-order valence-electron chi connectivity index (χ2n) is 7.57. The smallest absolute Gasteiger partial charge is 0.244 e. The molecule has 1 aliphatic heterocycles. The van der Waals surface area contributed by atoms with Crippen molar-refractivity contribution in [3.8, 4) is 16.9 Å². The number of rotatable bonds is 6. The van der Waals surface area contributed by atoms with Gasteiger partial charge in [-0.3, -0.25) is 9.59 Å². The third-order valence-corrected chi connectivity index (χ3v) is 5.46. The molecule has 1 unspecified atom stereocenters. The van der Waals surface area contributed by atoms with E-state index in [9.17, 15) is 9.59 Å². The predicted octanol–water partition coefficient (Wildman–Crippen LogP) is 2.83. The van der Waals surface area contributed by atoms with Crippen molar-refractivity contribution in [2.24, 2.45) is 5.92 Å². The zero-order chi connectivity index (χ0) is 21.6. The zero-order valence-electron chi connectivity index (χ0n) is 17.4. The molecule has 8 nitrogen and oxygen atoms in total. The molecule has 1 aliphatic rings. The van der Waals surface area contributed by atoms with Gasteiger partial charge in [-0.1, -0.05) is 24.3 Å². The van der Waals surface area contributed by atoms with Crippen LogP contribution in [0.1, 0.15) is 12.8 Å². The topological polar surface area (TPSA) is 89.4 Å². The summed E-state index contributed by atoms with van der Waals surface area (Å²) in [6, 6.07) is 15.6. The Morgan fingerprint density at radius 3 is 2.74 bits per heavy atom. The van der Waals surface area contributed by atoms with E-state index in [1.807, 2.05) is 48.5 Å². The maximum Gasteiger partial charge on any atom is 0.244 e. The molecule has 0 aliphatic carbocycles. The summed E-state index contributed by atoms with van der Waals surface area (Å²) >= 11 is 0. The molecule has 1 fully saturated rings. The molecule has 1 atom stereocenters. The van der Waals surface area contributed by atoms with Crippen molar-refractivity contribution in [1.29, 1.82) is 0 Å². The standard InChI is InChI=1S/C23H25N5O3/c1-31-21-6-2-4-18(12-21)17-7-9-20(10-8-17)26-23(30)19-5-3-11-27(13-19)22(29)14-28-16-24-15-25-28/h2,4,6-10,12,15-16,19H,3,5,11,13-14H2,1H3,(H,26,30). The van der Waals surface area contributed by atoms with Gasteiger partial charge in [-0.15, -0.1) is 0 Å². The van der Waals surface area contributed by atoms with Crippen molar-refractivity contribution < 1.29 is 14.3 Å². The Morgan fingerprint density at radius 1 is 1.16 bits per heavy atom. The summed E-state index contributed by atoms with van der Waals surface area (Å²) in [5.41, 5.74) is 2.83. The van der Waals surface area contributed by atoms with Gasteiger partial charge in [0, 0.05) is 18.8 Å². The van der Waals surface area contributed by atoms with E-state index in [2.05, 4.69) is 15.4 Å². The van der Waals surface area contributed by atoms with Crippen LogP contribution in [0.25, 0.3) is 11.1 Å². The second kappa shape index (κ2) is 9.42. The Morgan fingerprint density at radius 2 is 2.00 bits per heavy atom. The SMILES string of the molecule is COc1cccc(-c2ccc(NC(=O)C3CCCN(C(=O)Cn4cncn4)C3)cc2)c1. The lowest BCUT2D eigenvalue weighted by Gasteiger charge is -2.32. The number of piperidine rings is 1. The van der Waals surface area contributed by atoms with Crippen molar-refractivity contribution in [1.82, 2.24) is 19.7 Å². The van der Waals surface area contributed by atoms with Crippen LogP contribution in [0.4, 0.5) is 5.69 Å². The summed E-state index contributed by atoms with van der Waals surface area (Å²) in [6.45, 7) is 1.22. The van der Waals surface area contributed by atoms with Gasteiger partial charge < -0.3 is 15.0 Å². The molecular weight excluding hydrogens is 394 g/mol. The number of methoxy groups -OCH3 is 1. The number of aromatic nitrogens is 3. The van der Waals surface area contributed by atoms with Crippen LogP contribution in [0.3, 0.4) is 0 Å². The molecule has 2 heterocycles. The van der Waals surface area contributed by atoms with Crippen LogP contribution in [0, 0.1) is 5.92 Å². The third-order valence-electron chi connectivity index (χ3n) is 5.46. The summed E-state index contributed by atoms with van der Waals surface area (Å²) in [4.78, 5) is 30.9. The Balaban J connectivity index is 1.35. The molecule has 1 saturated heterocycles. The Bertz CT molecular complexity index is 1030. The number of carbonyl (C=O) groups is 2. The van der Waals surface area contributed by atoms with Crippen molar-refractivity contribution in [3.05, 3.63) is 61.2 Å². The van der Waals surface area contributed by atoms with Gasteiger partial charge in [-0.25, -0.2) is 9.67 Å². The van der Waals surface area contributed by atoms with Gasteiger partial charge in [-0.05, 0) is 48.2 Å². The van der Waals surface area contributed by atoms with Gasteiger partial charge in [0.05, 0.1) is 13.0 Å². The zero-order valence-corrected chi connectivity index (χ0v) is 17.4. The van der Waals surface area contributed by atoms with E-state index in [1.165, 1.54) is 17.3 Å². The summed E-state index contributed by atoms with van der Waals surface area (Å²) in [7, 11) is 1.65. The first-order chi connectivity index (χ1) is 15.1. The van der Waals surface area contributed by atoms with Gasteiger partial charge in [0.25, 0.3) is 0 Å². The number of hydrogen-bond acceptors (Lipinski definition) is 5. The molecule has 8 heteroatoms. The highest BCUT2D eigenvalue weighted by atomic mass is 16.5. The maximum atomic E-state index is 12.8. The molecule has 0 bridgehead atoms. The molecule has 3 aromatic rings. The van der Waals surface area contributed by atoms with Crippen molar-refractivity contribution in [2.45, 2.75) is 19.4 Å². The number of nitrogens with one attached hydrogen (secondary N) is 1. The molecule has 2 aromatic carbocycles. The van der Waals surface area contributed by atoms with E-state index in [4.69, 9.17) is 4.74 Å². The Labute approximate surface area is 180 Å². The number of nitrogens with zero attached hydrogens (tertiary/aromatic N) is 4. The minimum absolute atomic E-state index is 0.0503. The number of amides is 2. The number of ether oxygens (including phenoxy) is 1. The van der Waals surface area contributed by atoms with Crippen molar-refractivity contribution in [3.63, 3.8) is 0 Å². The normalized spacial score (nSPS) is 16.0. The lowest BCUT2D eigenvalue weighted by molar-refractivity contribution is -0.135. The minimum atomic E-state index is -0.230. The van der Waals surface area contributed by atoms with Crippen LogP contribution >= 0.6 is 0 Å². The quantitative estimate of drug-likeness (QED) is 0.664. The molecule has 0 radical (unpaired) electrons. The molecule has 1 aromatic heterocycles. The van der Waals surface area contributed by atoms with Crippen LogP contribution in [0.15, 0.2) is 61.2 Å². The van der Waals surface area contributed by atoms with E-state index in [1.54, 1.807) is 12.0 Å². The van der Waals surface area contributed by atoms with Crippen molar-refractivity contribution in [2.75, 3.05) is 25.5 Å². The summed E-state index contributed by atoms with van der Waals surface area (Å²) in [5, 5.41) is 6.96. The fraction of sp³-hybridized carbons (Fsp3) is 0.304. The summed E-state index contributed by atoms with van der Waals surface area (Å²) in [5.74, 6) is 0.458. The largest absolute Gasteiger partial charge is 0.497 e. The maximum absolute atomic E-state index is 12.8. The van der Waals surface area contributed by atoms with Crippen molar-refractivity contribution >= 4 is 17.5 Å². The first kappa shape index (κ1) is 20.6. The number of benzene rings is 2. The molecule has 0 saturated carbocycles. The van der Waals surface area contributed by atoms with E-state index in [0.29, 0.717) is 13.1 Å². The molecule has 160 valence electrons. The summed E-state index contributed by atoms with van der Waals surface area (Å²) < 4.78 is 6.78. The predicted molar refractivity (Wildman–Crippen MR) is 116 cm³/mol. The van der Waals surface area contributed by atoms with Crippen LogP contribution in [-0.2, 0) is 16.1 Å². The molecule has 2 amide bonds. The van der Waals surface area contributed by atoms with E-state index < -0.39 is 0 Å².